The Bertz CT molecular complexity index is 302. The lowest BCUT2D eigenvalue weighted by molar-refractivity contribution is -0.127. The Kier molecular flexibility index (Phi) is 8.45. The summed E-state index contributed by atoms with van der Waals surface area (Å²) in [6.07, 6.45) is 0.440. The van der Waals surface area contributed by atoms with Crippen LogP contribution in [0.1, 0.15) is 27.2 Å². The third kappa shape index (κ3) is 9.13. The SMILES string of the molecule is CC(C)(C)NC(=O)CNC(=O)CC1CSCCN1.Cl. The van der Waals surface area contributed by atoms with E-state index >= 15 is 0 Å². The van der Waals surface area contributed by atoms with E-state index < -0.39 is 0 Å². The molecule has 1 heterocycles. The molecule has 0 aromatic rings. The first-order valence-electron chi connectivity index (χ1n) is 6.25. The summed E-state index contributed by atoms with van der Waals surface area (Å²) in [5, 5.41) is 8.75. The molecule has 0 saturated carbocycles. The molecule has 19 heavy (non-hydrogen) atoms. The number of nitrogens with one attached hydrogen (secondary N) is 3. The largest absolute Gasteiger partial charge is 0.350 e. The Morgan fingerprint density at radius 3 is 2.53 bits per heavy atom. The van der Waals surface area contributed by atoms with E-state index in [4.69, 9.17) is 0 Å². The van der Waals surface area contributed by atoms with E-state index in [0.717, 1.165) is 18.1 Å². The molecule has 1 saturated heterocycles. The average molecular weight is 310 g/mol. The minimum atomic E-state index is -0.261. The molecule has 1 fully saturated rings. The number of amides is 2. The average Bonchev–Trinajstić information content (AvgIpc) is 2.25. The van der Waals surface area contributed by atoms with Gasteiger partial charge in [0.05, 0.1) is 6.54 Å². The molecular formula is C12H24ClN3O2S. The van der Waals surface area contributed by atoms with Gasteiger partial charge in [-0.05, 0) is 20.8 Å². The Balaban J connectivity index is 0.00000324. The van der Waals surface area contributed by atoms with Crippen molar-refractivity contribution in [3.8, 4) is 0 Å². The van der Waals surface area contributed by atoms with Crippen molar-refractivity contribution in [3.63, 3.8) is 0 Å². The van der Waals surface area contributed by atoms with Crippen molar-refractivity contribution in [3.05, 3.63) is 0 Å². The lowest BCUT2D eigenvalue weighted by atomic mass is 10.1. The third-order valence-corrected chi connectivity index (χ3v) is 3.52. The Morgan fingerprint density at radius 2 is 2.00 bits per heavy atom. The maximum atomic E-state index is 11.6. The number of hydrogen-bond acceptors (Lipinski definition) is 4. The van der Waals surface area contributed by atoms with Crippen LogP contribution in [0.2, 0.25) is 0 Å². The number of thioether (sulfide) groups is 1. The van der Waals surface area contributed by atoms with Crippen molar-refractivity contribution in [1.82, 2.24) is 16.0 Å². The van der Waals surface area contributed by atoms with Crippen LogP contribution >= 0.6 is 24.2 Å². The molecule has 112 valence electrons. The molecule has 0 aromatic carbocycles. The topological polar surface area (TPSA) is 70.2 Å². The molecule has 1 unspecified atom stereocenters. The van der Waals surface area contributed by atoms with Gasteiger partial charge in [-0.3, -0.25) is 9.59 Å². The molecule has 2 amide bonds. The maximum absolute atomic E-state index is 11.6. The second kappa shape index (κ2) is 8.66. The summed E-state index contributed by atoms with van der Waals surface area (Å²) in [4.78, 5) is 23.2. The Hall–Kier alpha value is -0.460. The Labute approximate surface area is 125 Å². The summed E-state index contributed by atoms with van der Waals surface area (Å²) >= 11 is 1.86. The van der Waals surface area contributed by atoms with Gasteiger partial charge < -0.3 is 16.0 Å². The van der Waals surface area contributed by atoms with E-state index in [1.165, 1.54) is 0 Å². The number of carbonyl (C=O) groups is 2. The zero-order valence-corrected chi connectivity index (χ0v) is 13.4. The first-order valence-corrected chi connectivity index (χ1v) is 7.41. The van der Waals surface area contributed by atoms with Crippen molar-refractivity contribution < 1.29 is 9.59 Å². The number of carbonyl (C=O) groups excluding carboxylic acids is 2. The number of rotatable bonds is 4. The summed E-state index contributed by atoms with van der Waals surface area (Å²) in [6, 6.07) is 0.231. The summed E-state index contributed by atoms with van der Waals surface area (Å²) in [5.41, 5.74) is -0.261. The first kappa shape index (κ1) is 18.5. The van der Waals surface area contributed by atoms with E-state index in [1.54, 1.807) is 0 Å². The van der Waals surface area contributed by atoms with Gasteiger partial charge in [-0.15, -0.1) is 12.4 Å². The predicted octanol–water partition coefficient (Wildman–Crippen LogP) is 0.534. The van der Waals surface area contributed by atoms with Crippen LogP contribution in [0.4, 0.5) is 0 Å². The second-order valence-electron chi connectivity index (χ2n) is 5.50. The number of hydrogen-bond donors (Lipinski definition) is 3. The molecular weight excluding hydrogens is 286 g/mol. The zero-order valence-electron chi connectivity index (χ0n) is 11.7. The van der Waals surface area contributed by atoms with Crippen LogP contribution in [-0.2, 0) is 9.59 Å². The second-order valence-corrected chi connectivity index (χ2v) is 6.65. The van der Waals surface area contributed by atoms with Crippen LogP contribution in [0.25, 0.3) is 0 Å². The van der Waals surface area contributed by atoms with Crippen molar-refractivity contribution >= 4 is 36.0 Å². The molecule has 0 bridgehead atoms. The molecule has 0 aromatic heterocycles. The molecule has 0 radical (unpaired) electrons. The normalized spacial score (nSPS) is 19.2. The minimum Gasteiger partial charge on any atom is -0.350 e. The Morgan fingerprint density at radius 1 is 1.32 bits per heavy atom. The molecule has 1 rings (SSSR count). The maximum Gasteiger partial charge on any atom is 0.239 e. The fraction of sp³-hybridized carbons (Fsp3) is 0.833. The monoisotopic (exact) mass is 309 g/mol. The van der Waals surface area contributed by atoms with E-state index in [9.17, 15) is 9.59 Å². The van der Waals surface area contributed by atoms with E-state index in [0.29, 0.717) is 6.42 Å². The fourth-order valence-corrected chi connectivity index (χ4v) is 2.64. The summed E-state index contributed by atoms with van der Waals surface area (Å²) in [6.45, 7) is 6.74. The molecule has 0 aliphatic carbocycles. The van der Waals surface area contributed by atoms with Crippen LogP contribution in [-0.4, -0.2) is 48.0 Å². The minimum absolute atomic E-state index is 0. The van der Waals surface area contributed by atoms with E-state index in [-0.39, 0.29) is 42.3 Å². The summed E-state index contributed by atoms with van der Waals surface area (Å²) < 4.78 is 0. The van der Waals surface area contributed by atoms with Crippen LogP contribution in [0, 0.1) is 0 Å². The summed E-state index contributed by atoms with van der Waals surface area (Å²) in [5.74, 6) is 1.84. The fourth-order valence-electron chi connectivity index (χ4n) is 1.69. The van der Waals surface area contributed by atoms with Gasteiger partial charge in [0, 0.05) is 36.1 Å². The molecule has 1 atom stereocenters. The van der Waals surface area contributed by atoms with Gasteiger partial charge in [0.1, 0.15) is 0 Å². The molecule has 0 spiro atoms. The summed E-state index contributed by atoms with van der Waals surface area (Å²) in [7, 11) is 0. The highest BCUT2D eigenvalue weighted by Gasteiger charge is 2.18. The number of halogens is 1. The lowest BCUT2D eigenvalue weighted by Gasteiger charge is -2.23. The third-order valence-electron chi connectivity index (χ3n) is 2.39. The van der Waals surface area contributed by atoms with Crippen molar-refractivity contribution in [2.45, 2.75) is 38.8 Å². The van der Waals surface area contributed by atoms with Gasteiger partial charge in [0.25, 0.3) is 0 Å². The van der Waals surface area contributed by atoms with E-state index in [1.807, 2.05) is 32.5 Å². The molecule has 1 aliphatic heterocycles. The molecule has 7 heteroatoms. The van der Waals surface area contributed by atoms with Gasteiger partial charge in [-0.25, -0.2) is 0 Å². The molecule has 3 N–H and O–H groups in total. The van der Waals surface area contributed by atoms with Gasteiger partial charge in [0.15, 0.2) is 0 Å². The van der Waals surface area contributed by atoms with Crippen LogP contribution in [0.5, 0.6) is 0 Å². The van der Waals surface area contributed by atoms with Gasteiger partial charge in [-0.1, -0.05) is 0 Å². The standard InChI is InChI=1S/C12H23N3O2S.ClH/c1-12(2,3)15-11(17)7-14-10(16)6-9-8-18-5-4-13-9;/h9,13H,4-8H2,1-3H3,(H,14,16)(H,15,17);1H. The van der Waals surface area contributed by atoms with Gasteiger partial charge in [-0.2, -0.15) is 11.8 Å². The predicted molar refractivity (Wildman–Crippen MR) is 81.9 cm³/mol. The zero-order chi connectivity index (χ0) is 13.6. The highest BCUT2D eigenvalue weighted by molar-refractivity contribution is 7.99. The lowest BCUT2D eigenvalue weighted by Crippen LogP contribution is -2.47. The quantitative estimate of drug-likeness (QED) is 0.709. The van der Waals surface area contributed by atoms with Gasteiger partial charge >= 0.3 is 0 Å². The highest BCUT2D eigenvalue weighted by Crippen LogP contribution is 2.09. The smallest absolute Gasteiger partial charge is 0.239 e. The van der Waals surface area contributed by atoms with Crippen LogP contribution in [0.3, 0.4) is 0 Å². The van der Waals surface area contributed by atoms with Crippen molar-refractivity contribution in [1.29, 1.82) is 0 Å². The first-order chi connectivity index (χ1) is 8.37. The molecule has 1 aliphatic rings. The highest BCUT2D eigenvalue weighted by atomic mass is 35.5. The van der Waals surface area contributed by atoms with Gasteiger partial charge in [0.2, 0.25) is 11.8 Å². The van der Waals surface area contributed by atoms with E-state index in [2.05, 4.69) is 16.0 Å². The van der Waals surface area contributed by atoms with Crippen LogP contribution < -0.4 is 16.0 Å². The molecule has 5 nitrogen and oxygen atoms in total. The van der Waals surface area contributed by atoms with Crippen LogP contribution in [0.15, 0.2) is 0 Å². The van der Waals surface area contributed by atoms with Crippen molar-refractivity contribution in [2.75, 3.05) is 24.6 Å². The van der Waals surface area contributed by atoms with Crippen molar-refractivity contribution in [2.24, 2.45) is 0 Å².